The number of carbonyl (C=O) groups excluding carboxylic acids is 1. The molecule has 1 aromatic heterocycles. The summed E-state index contributed by atoms with van der Waals surface area (Å²) in [5, 5.41) is 10.1. The molecule has 5 rings (SSSR count). The number of amides is 1. The zero-order valence-electron chi connectivity index (χ0n) is 17.5. The Morgan fingerprint density at radius 3 is 3.00 bits per heavy atom. The van der Waals surface area contributed by atoms with Crippen molar-refractivity contribution >= 4 is 47.0 Å². The second-order valence-corrected chi connectivity index (χ2v) is 8.50. The molecule has 1 unspecified atom stereocenters. The molecule has 11 heteroatoms. The molecular formula is C22H21ClF2N6O2. The van der Waals surface area contributed by atoms with Gasteiger partial charge in [0, 0.05) is 41.7 Å². The molecule has 3 heterocycles. The molecule has 2 fully saturated rings. The Morgan fingerprint density at radius 1 is 1.48 bits per heavy atom. The average Bonchev–Trinajstić information content (AvgIpc) is 3.19. The number of benzene rings is 1. The fourth-order valence-corrected chi connectivity index (χ4v) is 4.42. The lowest BCUT2D eigenvalue weighted by Crippen LogP contribution is -2.27. The van der Waals surface area contributed by atoms with Gasteiger partial charge in [-0.3, -0.25) is 14.9 Å². The topological polar surface area (TPSA) is 95.0 Å². The number of aromatic amines is 1. The molecule has 2 N–H and O–H groups in total. The first-order valence-corrected chi connectivity index (χ1v) is 10.9. The van der Waals surface area contributed by atoms with Gasteiger partial charge in [0.15, 0.2) is 0 Å². The minimum absolute atomic E-state index is 0.0678. The van der Waals surface area contributed by atoms with Gasteiger partial charge in [-0.25, -0.2) is 13.8 Å². The molecule has 1 saturated carbocycles. The monoisotopic (exact) mass is 474 g/mol. The van der Waals surface area contributed by atoms with Crippen molar-refractivity contribution in [1.29, 1.82) is 0 Å². The Labute approximate surface area is 193 Å². The van der Waals surface area contributed by atoms with Crippen LogP contribution in [0.3, 0.4) is 0 Å². The van der Waals surface area contributed by atoms with E-state index in [0.717, 1.165) is 6.42 Å². The molecule has 2 aliphatic heterocycles. The van der Waals surface area contributed by atoms with E-state index < -0.39 is 23.8 Å². The number of rotatable bonds is 6. The highest BCUT2D eigenvalue weighted by Gasteiger charge is 2.43. The summed E-state index contributed by atoms with van der Waals surface area (Å²) in [6, 6.07) is 0. The third-order valence-electron chi connectivity index (χ3n) is 5.90. The number of nitrogens with one attached hydrogen (secondary N) is 2. The Hall–Kier alpha value is -3.11. The van der Waals surface area contributed by atoms with Crippen LogP contribution in [0, 0.1) is 11.7 Å². The van der Waals surface area contributed by atoms with Crippen LogP contribution >= 0.6 is 11.6 Å². The lowest BCUT2D eigenvalue weighted by molar-refractivity contribution is -0.122. The number of hydrogen-bond donors (Lipinski definition) is 2. The molecule has 2 aromatic rings. The van der Waals surface area contributed by atoms with Crippen molar-refractivity contribution in [1.82, 2.24) is 20.4 Å². The van der Waals surface area contributed by atoms with Gasteiger partial charge < -0.3 is 15.0 Å². The van der Waals surface area contributed by atoms with Crippen molar-refractivity contribution in [2.75, 3.05) is 13.2 Å². The fourth-order valence-electron chi connectivity index (χ4n) is 4.11. The maximum absolute atomic E-state index is 15.4. The van der Waals surface area contributed by atoms with Gasteiger partial charge in [0.1, 0.15) is 17.8 Å². The fraction of sp³-hybridized carbons (Fsp3) is 0.364. The van der Waals surface area contributed by atoms with Gasteiger partial charge in [0.25, 0.3) is 0 Å². The number of aliphatic imine (C=N–C) groups is 2. The molecule has 1 aliphatic carbocycles. The highest BCUT2D eigenvalue weighted by atomic mass is 35.5. The number of nitrogens with zero attached hydrogens (tertiary/aromatic N) is 4. The number of aromatic nitrogens is 2. The first-order chi connectivity index (χ1) is 16.0. The Morgan fingerprint density at radius 2 is 2.30 bits per heavy atom. The van der Waals surface area contributed by atoms with Crippen LogP contribution in [0.25, 0.3) is 16.6 Å². The van der Waals surface area contributed by atoms with Crippen molar-refractivity contribution in [3.05, 3.63) is 46.4 Å². The van der Waals surface area contributed by atoms with E-state index in [0.29, 0.717) is 47.3 Å². The number of carbonyl (C=O) groups is 1. The summed E-state index contributed by atoms with van der Waals surface area (Å²) in [5.41, 5.74) is 1.70. The molecule has 1 aromatic carbocycles. The van der Waals surface area contributed by atoms with Gasteiger partial charge in [-0.05, 0) is 26.0 Å². The van der Waals surface area contributed by atoms with Crippen LogP contribution in [-0.4, -0.2) is 53.3 Å². The normalized spacial score (nSPS) is 24.8. The van der Waals surface area contributed by atoms with E-state index >= 15 is 4.39 Å². The number of ether oxygens (including phenoxy) is 1. The molecule has 1 saturated heterocycles. The van der Waals surface area contributed by atoms with E-state index in [1.807, 2.05) is 0 Å². The number of halogens is 3. The van der Waals surface area contributed by atoms with Crippen LogP contribution in [0.2, 0.25) is 5.02 Å². The molecule has 3 aliphatic rings. The van der Waals surface area contributed by atoms with Crippen molar-refractivity contribution in [3.63, 3.8) is 0 Å². The molecular weight excluding hydrogens is 454 g/mol. The van der Waals surface area contributed by atoms with Gasteiger partial charge in [-0.1, -0.05) is 11.6 Å². The van der Waals surface area contributed by atoms with E-state index in [1.165, 1.54) is 0 Å². The summed E-state index contributed by atoms with van der Waals surface area (Å²) < 4.78 is 34.3. The SMILES string of the molecule is C=N/C(=C\N1C=C(c2c(Cl)c(F)c(C3CCCO3)c3[nH]ncc23)N=CC1)NC(=O)[C@@H]1C[C@@H]1F. The van der Waals surface area contributed by atoms with Crippen molar-refractivity contribution in [3.8, 4) is 0 Å². The highest BCUT2D eigenvalue weighted by Crippen LogP contribution is 2.42. The van der Waals surface area contributed by atoms with E-state index in [4.69, 9.17) is 16.3 Å². The van der Waals surface area contributed by atoms with Crippen LogP contribution in [0.4, 0.5) is 8.78 Å². The third-order valence-corrected chi connectivity index (χ3v) is 6.26. The minimum atomic E-state index is -1.11. The number of alkyl halides is 1. The highest BCUT2D eigenvalue weighted by molar-refractivity contribution is 6.34. The van der Waals surface area contributed by atoms with Gasteiger partial charge in [0.05, 0.1) is 41.0 Å². The first-order valence-electron chi connectivity index (χ1n) is 10.6. The smallest absolute Gasteiger partial charge is 0.231 e. The molecule has 172 valence electrons. The largest absolute Gasteiger partial charge is 0.373 e. The van der Waals surface area contributed by atoms with Crippen molar-refractivity contribution in [2.24, 2.45) is 15.9 Å². The summed E-state index contributed by atoms with van der Waals surface area (Å²) in [7, 11) is 0. The zero-order chi connectivity index (χ0) is 23.1. The van der Waals surface area contributed by atoms with E-state index in [2.05, 4.69) is 32.2 Å². The number of H-pyrrole nitrogens is 1. The second-order valence-electron chi connectivity index (χ2n) is 8.12. The third kappa shape index (κ3) is 4.04. The molecule has 3 atom stereocenters. The maximum atomic E-state index is 15.4. The van der Waals surface area contributed by atoms with Crippen LogP contribution in [-0.2, 0) is 9.53 Å². The summed E-state index contributed by atoms with van der Waals surface area (Å²) in [6.07, 6.45) is 6.67. The minimum Gasteiger partial charge on any atom is -0.373 e. The maximum Gasteiger partial charge on any atom is 0.231 e. The van der Waals surface area contributed by atoms with Crippen molar-refractivity contribution in [2.45, 2.75) is 31.5 Å². The van der Waals surface area contributed by atoms with Gasteiger partial charge in [-0.2, -0.15) is 5.10 Å². The Kier molecular flexibility index (Phi) is 5.71. The van der Waals surface area contributed by atoms with E-state index in [1.54, 1.807) is 29.7 Å². The first kappa shape index (κ1) is 21.7. The van der Waals surface area contributed by atoms with E-state index in [-0.39, 0.29) is 23.4 Å². The second kappa shape index (κ2) is 8.68. The predicted molar refractivity (Wildman–Crippen MR) is 121 cm³/mol. The van der Waals surface area contributed by atoms with Crippen LogP contribution in [0.5, 0.6) is 0 Å². The van der Waals surface area contributed by atoms with Crippen LogP contribution in [0.1, 0.15) is 36.5 Å². The number of fused-ring (bicyclic) bond motifs is 1. The standard InChI is InChI=1S/C22H21ClF2N6O2/c1-26-16(29-22(32)11-7-13(11)24)10-31-5-4-27-14(9-31)17-12-8-28-30-21(12)18(20(25)19(17)23)15-3-2-6-33-15/h4,8-11,13,15H,1-3,5-7H2,(H,28,30)(H,29,32)/b16-10+/t11-,13+,15?/m1/s1. The van der Waals surface area contributed by atoms with Gasteiger partial charge in [-0.15, -0.1) is 0 Å². The van der Waals surface area contributed by atoms with Crippen LogP contribution in [0.15, 0.2) is 34.4 Å². The number of hydrogen-bond acceptors (Lipinski definition) is 6. The van der Waals surface area contributed by atoms with Crippen molar-refractivity contribution < 1.29 is 18.3 Å². The molecule has 0 radical (unpaired) electrons. The summed E-state index contributed by atoms with van der Waals surface area (Å²) >= 11 is 6.51. The molecule has 33 heavy (non-hydrogen) atoms. The molecule has 0 bridgehead atoms. The quantitative estimate of drug-likeness (QED) is 0.621. The van der Waals surface area contributed by atoms with Gasteiger partial charge in [0.2, 0.25) is 5.91 Å². The molecule has 0 spiro atoms. The van der Waals surface area contributed by atoms with Crippen LogP contribution < -0.4 is 5.32 Å². The molecule has 8 nitrogen and oxygen atoms in total. The Balaban J connectivity index is 1.49. The summed E-state index contributed by atoms with van der Waals surface area (Å²) in [5.74, 6) is -1.48. The lowest BCUT2D eigenvalue weighted by Gasteiger charge is -2.21. The average molecular weight is 475 g/mol. The van der Waals surface area contributed by atoms with Gasteiger partial charge >= 0.3 is 0 Å². The summed E-state index contributed by atoms with van der Waals surface area (Å²) in [6.45, 7) is 4.40. The molecule has 1 amide bonds. The summed E-state index contributed by atoms with van der Waals surface area (Å²) in [4.78, 5) is 21.9. The zero-order valence-corrected chi connectivity index (χ0v) is 18.3. The lowest BCUT2D eigenvalue weighted by atomic mass is 9.98. The predicted octanol–water partition coefficient (Wildman–Crippen LogP) is 3.87. The Bertz CT molecular complexity index is 1220. The van der Waals surface area contributed by atoms with E-state index in [9.17, 15) is 9.18 Å².